The Bertz CT molecular complexity index is 5680. The molecule has 16 rings (SSSR count). The Labute approximate surface area is 711 Å². The van der Waals surface area contributed by atoms with E-state index in [9.17, 15) is 24.0 Å². The summed E-state index contributed by atoms with van der Waals surface area (Å²) in [4.78, 5) is 97.1. The van der Waals surface area contributed by atoms with E-state index in [0.717, 1.165) is 103 Å². The van der Waals surface area contributed by atoms with Gasteiger partial charge in [0.15, 0.2) is 0 Å². The highest BCUT2D eigenvalue weighted by molar-refractivity contribution is 6.35. The number of carbonyl (C=O) groups excluding carboxylic acids is 5. The molecule has 10 heterocycles. The van der Waals surface area contributed by atoms with Gasteiger partial charge in [0.1, 0.15) is 17.3 Å². The Morgan fingerprint density at radius 3 is 1.28 bits per heavy atom. The van der Waals surface area contributed by atoms with Gasteiger partial charge < -0.3 is 46.3 Å². The number of pyridine rings is 7. The van der Waals surface area contributed by atoms with Crippen LogP contribution in [0.15, 0.2) is 286 Å². The van der Waals surface area contributed by atoms with Gasteiger partial charge in [-0.1, -0.05) is 106 Å². The molecule has 0 unspecified atom stereocenters. The first-order valence-corrected chi connectivity index (χ1v) is 39.8. The highest BCUT2D eigenvalue weighted by Gasteiger charge is 2.22. The van der Waals surface area contributed by atoms with Crippen molar-refractivity contribution < 1.29 is 33.4 Å². The third kappa shape index (κ3) is 23.9. The van der Waals surface area contributed by atoms with Gasteiger partial charge in [0, 0.05) is 152 Å². The molecular weight excluding hydrogens is 1610 g/mol. The number of halogens is 5. The lowest BCUT2D eigenvalue weighted by Gasteiger charge is -2.26. The van der Waals surface area contributed by atoms with Crippen molar-refractivity contribution >= 4 is 122 Å². The van der Waals surface area contributed by atoms with E-state index < -0.39 is 0 Å². The van der Waals surface area contributed by atoms with Crippen LogP contribution in [-0.4, -0.2) is 156 Å². The Morgan fingerprint density at radius 2 is 0.857 bits per heavy atom. The Kier molecular flexibility index (Phi) is 29.9. The first-order chi connectivity index (χ1) is 58.1. The highest BCUT2D eigenvalue weighted by atomic mass is 35.5. The van der Waals surface area contributed by atoms with Gasteiger partial charge in [-0.2, -0.15) is 5.10 Å². The molecule has 0 saturated carbocycles. The summed E-state index contributed by atoms with van der Waals surface area (Å²) >= 11 is 31.6. The van der Waals surface area contributed by atoms with Crippen molar-refractivity contribution in [3.63, 3.8) is 0 Å². The number of carbonyl (C=O) groups is 5. The van der Waals surface area contributed by atoms with Gasteiger partial charge in [0.2, 0.25) is 0 Å². The summed E-state index contributed by atoms with van der Waals surface area (Å²) in [5.41, 5.74) is 12.7. The lowest BCUT2D eigenvalue weighted by atomic mass is 10.1. The van der Waals surface area contributed by atoms with E-state index in [1.807, 2.05) is 115 Å². The smallest absolute Gasteiger partial charge is 0.272 e. The Hall–Kier alpha value is -12.9. The fourth-order valence-electron chi connectivity index (χ4n) is 12.4. The second kappa shape index (κ2) is 42.3. The van der Waals surface area contributed by atoms with E-state index in [0.29, 0.717) is 120 Å². The van der Waals surface area contributed by atoms with Crippen LogP contribution < -0.4 is 31.9 Å². The van der Waals surface area contributed by atoms with Crippen molar-refractivity contribution in [1.82, 2.24) is 54.5 Å². The van der Waals surface area contributed by atoms with Crippen molar-refractivity contribution in [1.29, 1.82) is 0 Å². The largest absolute Gasteiger partial charge is 0.379 e. The molecule has 2 saturated heterocycles. The SMILES string of the molecule is O=C(Nc1ccc(Cl)c(-c2ccccn2)c1)c1ccc(-n2cccn2)cc1.O=C(Nc1ccc(Cl)c(-c2ccccn2)c1)c1ccc(C(=O)N2CCOCC2)nc1.O=C(Nc1ccc(Cl)c(-c2ccccn2)c1)c1ccc(NCCC2=CCC=C2)nc1.O=C(Nc1ccc(Cl)c(-c2ccccn2)c1)c1cnc(NCCN2CCOCC2)c(Cl)c1. The summed E-state index contributed by atoms with van der Waals surface area (Å²) in [6.07, 6.45) is 23.3. The molecule has 8 aromatic heterocycles. The maximum atomic E-state index is 12.7. The van der Waals surface area contributed by atoms with E-state index in [1.54, 1.807) is 144 Å². The van der Waals surface area contributed by atoms with Crippen LogP contribution in [0, 0.1) is 0 Å². The minimum atomic E-state index is -0.331. The maximum absolute atomic E-state index is 12.7. The molecule has 5 aromatic carbocycles. The van der Waals surface area contributed by atoms with E-state index in [4.69, 9.17) is 67.5 Å². The molecule has 1 aliphatic carbocycles. The fraction of sp³-hybridized carbons (Fsp3) is 0.144. The highest BCUT2D eigenvalue weighted by Crippen LogP contribution is 2.34. The van der Waals surface area contributed by atoms with Gasteiger partial charge in [-0.05, 0) is 195 Å². The molecule has 13 aromatic rings. The Morgan fingerprint density at radius 1 is 0.403 bits per heavy atom. The molecule has 0 atom stereocenters. The minimum Gasteiger partial charge on any atom is -0.379 e. The number of hydrogen-bond donors (Lipinski definition) is 6. The number of morpholine rings is 2. The van der Waals surface area contributed by atoms with Gasteiger partial charge in [-0.25, -0.2) is 14.6 Å². The van der Waals surface area contributed by atoms with Crippen LogP contribution in [0.5, 0.6) is 0 Å². The monoisotopic (exact) mass is 1680 g/mol. The van der Waals surface area contributed by atoms with Gasteiger partial charge in [-0.3, -0.25) is 53.8 Å². The molecule has 0 bridgehead atoms. The zero-order chi connectivity index (χ0) is 82.7. The molecule has 2 aliphatic heterocycles. The number of aromatic nitrogens is 9. The summed E-state index contributed by atoms with van der Waals surface area (Å²) in [6, 6.07) is 60.9. The van der Waals surface area contributed by atoms with Crippen LogP contribution in [0.4, 0.5) is 34.4 Å². The summed E-state index contributed by atoms with van der Waals surface area (Å²) in [6.45, 7) is 7.88. The molecule has 24 nitrogen and oxygen atoms in total. The minimum absolute atomic E-state index is 0.164. The molecule has 0 spiro atoms. The number of anilines is 6. The average Bonchev–Trinajstić information content (AvgIpc) is 1.07. The van der Waals surface area contributed by atoms with Crippen molar-refractivity contribution in [3.8, 4) is 50.7 Å². The number of allylic oxidation sites excluding steroid dienone is 3. The molecule has 6 N–H and O–H groups in total. The summed E-state index contributed by atoms with van der Waals surface area (Å²) in [7, 11) is 0. The van der Waals surface area contributed by atoms with E-state index in [1.165, 1.54) is 18.0 Å². The molecule has 29 heteroatoms. The zero-order valence-electron chi connectivity index (χ0n) is 63.9. The lowest BCUT2D eigenvalue weighted by molar-refractivity contribution is 0.0299. The van der Waals surface area contributed by atoms with Gasteiger partial charge in [0.05, 0.1) is 96.7 Å². The fourth-order valence-corrected chi connectivity index (χ4v) is 13.5. The molecule has 600 valence electrons. The number of nitrogens with one attached hydrogen (secondary N) is 6. The average molecular weight is 1690 g/mol. The molecule has 5 amide bonds. The van der Waals surface area contributed by atoms with Crippen molar-refractivity contribution in [2.75, 3.05) is 104 Å². The predicted octanol–water partition coefficient (Wildman–Crippen LogP) is 18.5. The quantitative estimate of drug-likeness (QED) is 0.0367. The molecular formula is C90H78Cl5N17O7. The molecule has 119 heavy (non-hydrogen) atoms. The maximum Gasteiger partial charge on any atom is 0.272 e. The first kappa shape index (κ1) is 84.0. The standard InChI is InChI=1S/C24H21ClN4O.C23H23Cl2N5O2.C22H19ClN4O3.C21H15ClN4O/c25-21-10-9-19(15-20(21)22-7-3-4-13-26-22)29-24(30)18-8-11-23(28-16-18)27-14-12-17-5-1-2-6-17;24-19-5-4-17(14-18(19)21-3-1-2-6-26-21)29-23(31)16-13-20(25)22(28-15-16)27-7-8-30-9-11-32-12-10-30;23-18-6-5-16(13-17(18)19-3-1-2-8-24-19)26-21(28)15-4-7-20(25-14-15)22(29)27-9-11-30-12-10-27;22-19-10-7-16(14-18(19)20-4-1-2-11-23-20)25-21(27)15-5-8-17(9-6-15)26-13-3-12-24-26/h1,3-11,13,15-16H,2,12,14H2,(H,27,28)(H,29,30);1-6,13-15H,7-12H2,(H,27,28)(H,29,31);1-8,13-14H,9-12H2,(H,26,28);1-14H,(H,25,27). The number of amides is 5. The predicted molar refractivity (Wildman–Crippen MR) is 469 cm³/mol. The number of rotatable bonds is 22. The second-order valence-corrected chi connectivity index (χ2v) is 28.8. The lowest BCUT2D eigenvalue weighted by Crippen LogP contribution is -2.41. The summed E-state index contributed by atoms with van der Waals surface area (Å²) in [5.74, 6) is 0.0676. The van der Waals surface area contributed by atoms with E-state index in [2.05, 4.69) is 95.0 Å². The molecule has 3 aliphatic rings. The van der Waals surface area contributed by atoms with Crippen LogP contribution in [0.25, 0.3) is 50.7 Å². The van der Waals surface area contributed by atoms with Crippen LogP contribution in [0.1, 0.15) is 64.8 Å². The Balaban J connectivity index is 0.000000138. The van der Waals surface area contributed by atoms with Crippen LogP contribution in [0.2, 0.25) is 25.1 Å². The van der Waals surface area contributed by atoms with Crippen LogP contribution in [-0.2, 0) is 9.47 Å². The van der Waals surface area contributed by atoms with Crippen molar-refractivity contribution in [2.24, 2.45) is 0 Å². The van der Waals surface area contributed by atoms with Crippen molar-refractivity contribution in [3.05, 3.63) is 339 Å². The zero-order valence-corrected chi connectivity index (χ0v) is 67.7. The topological polar surface area (TPSA) is 291 Å². The molecule has 0 radical (unpaired) electrons. The van der Waals surface area contributed by atoms with Crippen LogP contribution in [0.3, 0.4) is 0 Å². The summed E-state index contributed by atoms with van der Waals surface area (Å²) < 4.78 is 12.3. The number of hydrogen-bond acceptors (Lipinski definition) is 18. The van der Waals surface area contributed by atoms with Gasteiger partial charge >= 0.3 is 0 Å². The summed E-state index contributed by atoms with van der Waals surface area (Å²) in [5, 5.41) is 24.8. The van der Waals surface area contributed by atoms with E-state index >= 15 is 0 Å². The van der Waals surface area contributed by atoms with Gasteiger partial charge in [0.25, 0.3) is 29.5 Å². The molecule has 2 fully saturated rings. The third-order valence-electron chi connectivity index (χ3n) is 18.6. The number of nitrogens with zero attached hydrogens (tertiary/aromatic N) is 11. The second-order valence-electron chi connectivity index (χ2n) is 26.8. The number of benzene rings is 5. The van der Waals surface area contributed by atoms with Crippen LogP contribution >= 0.6 is 58.0 Å². The van der Waals surface area contributed by atoms with Crippen molar-refractivity contribution in [2.45, 2.75) is 12.8 Å². The van der Waals surface area contributed by atoms with E-state index in [-0.39, 0.29) is 29.5 Å². The van der Waals surface area contributed by atoms with Gasteiger partial charge in [-0.15, -0.1) is 0 Å². The third-order valence-corrected chi connectivity index (χ3v) is 20.2. The number of ether oxygens (including phenoxy) is 2. The first-order valence-electron chi connectivity index (χ1n) is 37.9. The normalized spacial score (nSPS) is 12.8.